The van der Waals surface area contributed by atoms with E-state index in [1.54, 1.807) is 24.4 Å². The third-order valence-corrected chi connectivity index (χ3v) is 8.10. The fourth-order valence-electron chi connectivity index (χ4n) is 5.77. The van der Waals surface area contributed by atoms with E-state index in [9.17, 15) is 13.6 Å². The molecule has 0 radical (unpaired) electrons. The van der Waals surface area contributed by atoms with Crippen molar-refractivity contribution in [3.8, 4) is 22.6 Å². The van der Waals surface area contributed by atoms with Crippen molar-refractivity contribution in [2.24, 2.45) is 0 Å². The van der Waals surface area contributed by atoms with E-state index in [4.69, 9.17) is 9.97 Å². The number of nitrogens with zero attached hydrogens (tertiary/aromatic N) is 5. The van der Waals surface area contributed by atoms with E-state index in [0.717, 1.165) is 42.4 Å². The van der Waals surface area contributed by atoms with Crippen LogP contribution in [0.25, 0.3) is 28.3 Å². The summed E-state index contributed by atoms with van der Waals surface area (Å²) in [7, 11) is 4.23. The van der Waals surface area contributed by atoms with Crippen molar-refractivity contribution in [1.82, 2.24) is 24.3 Å². The third kappa shape index (κ3) is 5.63. The highest BCUT2D eigenvalue weighted by Crippen LogP contribution is 2.34. The van der Waals surface area contributed by atoms with Crippen molar-refractivity contribution in [2.45, 2.75) is 18.9 Å². The zero-order valence-corrected chi connectivity index (χ0v) is 24.6. The average molecular weight is 602 g/mol. The highest BCUT2D eigenvalue weighted by molar-refractivity contribution is 6.04. The minimum Gasteiger partial charge on any atom is -0.324 e. The Kier molecular flexibility index (Phi) is 7.26. The number of rotatable bonds is 7. The number of amides is 1. The number of aromatic nitrogens is 4. The number of likely N-dealkylation sites (N-methyl/N-ethyl adjacent to an activating group) is 1. The van der Waals surface area contributed by atoms with Gasteiger partial charge < -0.3 is 15.5 Å². The fourth-order valence-corrected chi connectivity index (χ4v) is 5.77. The van der Waals surface area contributed by atoms with Crippen LogP contribution in [0.15, 0.2) is 97.3 Å². The maximum Gasteiger partial charge on any atom is 0.258 e. The number of hydrogen-bond donors (Lipinski definition) is 2. The summed E-state index contributed by atoms with van der Waals surface area (Å²) in [5, 5.41) is 6.05. The largest absolute Gasteiger partial charge is 0.324 e. The Hall–Kier alpha value is -5.48. The van der Waals surface area contributed by atoms with Gasteiger partial charge in [0.1, 0.15) is 17.3 Å². The molecule has 0 spiro atoms. The molecule has 0 saturated heterocycles. The summed E-state index contributed by atoms with van der Waals surface area (Å²) >= 11 is 0. The average Bonchev–Trinajstić information content (AvgIpc) is 3.64. The molecule has 1 atom stereocenters. The molecule has 0 saturated carbocycles. The van der Waals surface area contributed by atoms with E-state index in [1.807, 2.05) is 40.9 Å². The Labute approximate surface area is 258 Å². The molecule has 0 bridgehead atoms. The molecule has 7 rings (SSSR count). The molecule has 1 unspecified atom stereocenters. The quantitative estimate of drug-likeness (QED) is 0.210. The Morgan fingerprint density at radius 3 is 2.62 bits per heavy atom. The van der Waals surface area contributed by atoms with Gasteiger partial charge in [-0.05, 0) is 98.7 Å². The first kappa shape index (κ1) is 28.3. The van der Waals surface area contributed by atoms with Gasteiger partial charge in [-0.2, -0.15) is 0 Å². The van der Waals surface area contributed by atoms with Crippen molar-refractivity contribution in [1.29, 1.82) is 0 Å². The first-order valence-electron chi connectivity index (χ1n) is 14.5. The smallest absolute Gasteiger partial charge is 0.258 e. The number of carbonyl (C=O) groups excluding carboxylic acids is 1. The van der Waals surface area contributed by atoms with E-state index in [-0.39, 0.29) is 5.56 Å². The third-order valence-electron chi connectivity index (χ3n) is 8.10. The van der Waals surface area contributed by atoms with Gasteiger partial charge in [-0.1, -0.05) is 24.3 Å². The number of anilines is 3. The number of fused-ring (bicyclic) bond motifs is 2. The van der Waals surface area contributed by atoms with Gasteiger partial charge in [0.05, 0.1) is 22.6 Å². The van der Waals surface area contributed by atoms with Gasteiger partial charge in [0.15, 0.2) is 0 Å². The van der Waals surface area contributed by atoms with Gasteiger partial charge in [0.2, 0.25) is 5.95 Å². The van der Waals surface area contributed by atoms with Crippen molar-refractivity contribution in [2.75, 3.05) is 24.7 Å². The van der Waals surface area contributed by atoms with E-state index in [2.05, 4.69) is 52.8 Å². The summed E-state index contributed by atoms with van der Waals surface area (Å²) in [6.07, 6.45) is 5.66. The van der Waals surface area contributed by atoms with Gasteiger partial charge in [0.25, 0.3) is 5.91 Å². The Balaban J connectivity index is 1.21. The first-order chi connectivity index (χ1) is 21.8. The predicted molar refractivity (Wildman–Crippen MR) is 171 cm³/mol. The number of halogens is 2. The number of nitrogens with one attached hydrogen (secondary N) is 2. The summed E-state index contributed by atoms with van der Waals surface area (Å²) in [5.41, 5.74) is 7.06. The van der Waals surface area contributed by atoms with Crippen molar-refractivity contribution < 1.29 is 13.6 Å². The lowest BCUT2D eigenvalue weighted by Crippen LogP contribution is -2.27. The number of benzene rings is 3. The van der Waals surface area contributed by atoms with Crippen LogP contribution < -0.4 is 10.6 Å². The highest BCUT2D eigenvalue weighted by atomic mass is 19.1. The molecule has 3 aromatic carbocycles. The summed E-state index contributed by atoms with van der Waals surface area (Å²) in [5.74, 6) is -1.81. The van der Waals surface area contributed by atoms with Gasteiger partial charge in [-0.3, -0.25) is 9.20 Å². The predicted octanol–water partition coefficient (Wildman–Crippen LogP) is 6.76. The monoisotopic (exact) mass is 601 g/mol. The molecule has 10 heteroatoms. The van der Waals surface area contributed by atoms with Crippen LogP contribution in [0, 0.1) is 11.6 Å². The van der Waals surface area contributed by atoms with Gasteiger partial charge >= 0.3 is 0 Å². The van der Waals surface area contributed by atoms with Crippen LogP contribution in [0.3, 0.4) is 0 Å². The Morgan fingerprint density at radius 1 is 0.889 bits per heavy atom. The van der Waals surface area contributed by atoms with E-state index in [1.165, 1.54) is 11.1 Å². The van der Waals surface area contributed by atoms with Crippen LogP contribution in [-0.2, 0) is 12.8 Å². The molecule has 0 fully saturated rings. The molecule has 45 heavy (non-hydrogen) atoms. The number of hydrogen-bond acceptors (Lipinski definition) is 6. The maximum atomic E-state index is 14.2. The van der Waals surface area contributed by atoms with Crippen molar-refractivity contribution in [3.05, 3.63) is 126 Å². The van der Waals surface area contributed by atoms with Gasteiger partial charge in [-0.15, -0.1) is 0 Å². The molecule has 8 nitrogen and oxygen atoms in total. The van der Waals surface area contributed by atoms with Crippen molar-refractivity contribution in [3.63, 3.8) is 0 Å². The summed E-state index contributed by atoms with van der Waals surface area (Å²) < 4.78 is 29.9. The second kappa shape index (κ2) is 11.5. The summed E-state index contributed by atoms with van der Waals surface area (Å²) in [6.45, 7) is 0. The van der Waals surface area contributed by atoms with Crippen LogP contribution in [0.2, 0.25) is 0 Å². The fraction of sp³-hybridized carbons (Fsp3) is 0.143. The van der Waals surface area contributed by atoms with E-state index < -0.39 is 17.5 Å². The maximum absolute atomic E-state index is 14.2. The number of carbonyl (C=O) groups is 1. The molecule has 1 aliphatic rings. The minimum absolute atomic E-state index is 0.379. The normalized spacial score (nSPS) is 14.1. The number of pyridine rings is 1. The van der Waals surface area contributed by atoms with Crippen LogP contribution in [0.1, 0.15) is 21.5 Å². The van der Waals surface area contributed by atoms with Crippen LogP contribution in [0.4, 0.5) is 26.1 Å². The standard InChI is InChI=1S/C35H29F2N7O/c1-43(2)27-18-21-9-11-26(17-23(21)19-27)40-35-38-14-13-30(41-35)33-32(42-31-8-3-4-15-44(31)33)22-6-5-7-25(16-22)39-34(45)28-20-24(36)10-12-29(28)37/h3-17,20,27H,18-19H2,1-2H3,(H,39,45)(H,38,40,41). The molecule has 224 valence electrons. The molecule has 0 aliphatic heterocycles. The second-order valence-corrected chi connectivity index (χ2v) is 11.3. The minimum atomic E-state index is -0.807. The molecular weight excluding hydrogens is 572 g/mol. The zero-order valence-electron chi connectivity index (χ0n) is 24.6. The van der Waals surface area contributed by atoms with Crippen LogP contribution in [-0.4, -0.2) is 50.3 Å². The van der Waals surface area contributed by atoms with Gasteiger partial charge in [0, 0.05) is 35.4 Å². The topological polar surface area (TPSA) is 87.5 Å². The summed E-state index contributed by atoms with van der Waals surface area (Å²) in [6, 6.07) is 24.3. The molecule has 3 heterocycles. The Morgan fingerprint density at radius 2 is 1.76 bits per heavy atom. The second-order valence-electron chi connectivity index (χ2n) is 11.3. The lowest BCUT2D eigenvalue weighted by Gasteiger charge is -2.17. The van der Waals surface area contributed by atoms with Gasteiger partial charge in [-0.25, -0.2) is 23.7 Å². The molecule has 1 amide bonds. The summed E-state index contributed by atoms with van der Waals surface area (Å²) in [4.78, 5) is 29.3. The molecular formula is C35H29F2N7O. The first-order valence-corrected chi connectivity index (χ1v) is 14.5. The van der Waals surface area contributed by atoms with Crippen LogP contribution in [0.5, 0.6) is 0 Å². The molecule has 1 aliphatic carbocycles. The highest BCUT2D eigenvalue weighted by Gasteiger charge is 2.23. The van der Waals surface area contributed by atoms with Crippen LogP contribution >= 0.6 is 0 Å². The zero-order chi connectivity index (χ0) is 31.1. The molecule has 3 aromatic heterocycles. The van der Waals surface area contributed by atoms with E-state index >= 15 is 0 Å². The number of imidazole rings is 1. The lowest BCUT2D eigenvalue weighted by molar-refractivity contribution is 0.102. The molecule has 2 N–H and O–H groups in total. The Bertz CT molecular complexity index is 2070. The van der Waals surface area contributed by atoms with Crippen molar-refractivity contribution >= 4 is 28.9 Å². The lowest BCUT2D eigenvalue weighted by atomic mass is 10.1. The SMILES string of the molecule is CN(C)C1Cc2ccc(Nc3nccc(-c4c(-c5cccc(NC(=O)c6cc(F)ccc6F)c5)nc5ccccn45)n3)cc2C1. The van der Waals surface area contributed by atoms with E-state index in [0.29, 0.717) is 40.3 Å². The molecule has 6 aromatic rings.